The summed E-state index contributed by atoms with van der Waals surface area (Å²) in [7, 11) is 0. The summed E-state index contributed by atoms with van der Waals surface area (Å²) in [6.07, 6.45) is 2.22. The Morgan fingerprint density at radius 2 is 1.39 bits per heavy atom. The molecule has 0 amide bonds. The van der Waals surface area contributed by atoms with Gasteiger partial charge in [-0.05, 0) is 36.0 Å². The fourth-order valence-corrected chi connectivity index (χ4v) is 5.15. The molecular formula is C28H31ClFNO2. The Balaban J connectivity index is 0.00000306. The van der Waals surface area contributed by atoms with Gasteiger partial charge >= 0.3 is 0 Å². The van der Waals surface area contributed by atoms with Gasteiger partial charge in [-0.2, -0.15) is 0 Å². The van der Waals surface area contributed by atoms with Crippen LogP contribution in [0.25, 0.3) is 0 Å². The number of carbonyl (C=O) groups is 1. The van der Waals surface area contributed by atoms with E-state index >= 15 is 0 Å². The van der Waals surface area contributed by atoms with Crippen LogP contribution in [0.15, 0.2) is 84.9 Å². The van der Waals surface area contributed by atoms with E-state index < -0.39 is 11.0 Å². The minimum Gasteiger partial charge on any atom is -0.379 e. The van der Waals surface area contributed by atoms with E-state index in [9.17, 15) is 14.4 Å². The molecule has 0 spiro atoms. The predicted octanol–water partition coefficient (Wildman–Crippen LogP) is 6.25. The zero-order valence-electron chi connectivity index (χ0n) is 18.9. The molecule has 0 unspecified atom stereocenters. The van der Waals surface area contributed by atoms with Crippen LogP contribution in [0, 0.1) is 0 Å². The van der Waals surface area contributed by atoms with Crippen LogP contribution in [0.5, 0.6) is 0 Å². The summed E-state index contributed by atoms with van der Waals surface area (Å²) in [5.41, 5.74) is 1.07. The first kappa shape index (κ1) is 25.1. The SMILES string of the molecule is CCCC(=O)c1ccc(C2(C(O)(c3ccccc3)c3ccccc3)CCN(F)CC2)cc1.Cl. The van der Waals surface area contributed by atoms with E-state index in [1.54, 1.807) is 0 Å². The second-order valence-corrected chi connectivity index (χ2v) is 8.68. The van der Waals surface area contributed by atoms with Crippen LogP contribution in [0.2, 0.25) is 0 Å². The Morgan fingerprint density at radius 3 is 1.85 bits per heavy atom. The van der Waals surface area contributed by atoms with Crippen LogP contribution in [-0.4, -0.2) is 29.1 Å². The Hall–Kier alpha value is -2.53. The standard InChI is InChI=1S/C28H30FNO2.ClH/c1-2-9-26(31)22-14-16-23(17-15-22)27(18-20-30(29)21-19-27)28(32,24-10-5-3-6-11-24)25-12-7-4-8-13-25;/h3-8,10-17,32H,2,9,18-21H2,1H3;1H. The van der Waals surface area contributed by atoms with Crippen molar-refractivity contribution >= 4 is 18.2 Å². The number of carbonyl (C=O) groups excluding carboxylic acids is 1. The lowest BCUT2D eigenvalue weighted by molar-refractivity contribution is -0.0824. The van der Waals surface area contributed by atoms with Crippen molar-refractivity contribution in [2.24, 2.45) is 0 Å². The molecule has 1 N–H and O–H groups in total. The monoisotopic (exact) mass is 467 g/mol. The highest BCUT2D eigenvalue weighted by molar-refractivity contribution is 5.96. The number of nitrogens with zero attached hydrogens (tertiary/aromatic N) is 1. The van der Waals surface area contributed by atoms with E-state index in [-0.39, 0.29) is 31.3 Å². The van der Waals surface area contributed by atoms with Crippen molar-refractivity contribution in [3.8, 4) is 0 Å². The highest BCUT2D eigenvalue weighted by atomic mass is 35.5. The molecule has 4 rings (SSSR count). The fourth-order valence-electron chi connectivity index (χ4n) is 5.15. The summed E-state index contributed by atoms with van der Waals surface area (Å²) in [5.74, 6) is 0.119. The van der Waals surface area contributed by atoms with Gasteiger partial charge in [-0.3, -0.25) is 4.79 Å². The number of ketones is 1. The Bertz CT molecular complexity index is 993. The van der Waals surface area contributed by atoms with Crippen molar-refractivity contribution in [2.45, 2.75) is 43.6 Å². The molecule has 174 valence electrons. The van der Waals surface area contributed by atoms with Crippen molar-refractivity contribution in [3.05, 3.63) is 107 Å². The minimum atomic E-state index is -1.36. The van der Waals surface area contributed by atoms with Crippen LogP contribution < -0.4 is 0 Å². The molecule has 1 fully saturated rings. The van der Waals surface area contributed by atoms with Gasteiger partial charge in [0, 0.05) is 30.5 Å². The Morgan fingerprint density at radius 1 is 0.909 bits per heavy atom. The third kappa shape index (κ3) is 4.61. The first-order chi connectivity index (χ1) is 15.5. The van der Waals surface area contributed by atoms with Gasteiger partial charge in [-0.1, -0.05) is 91.9 Å². The van der Waals surface area contributed by atoms with Gasteiger partial charge in [-0.25, -0.2) is 0 Å². The molecule has 1 aliphatic heterocycles. The number of Topliss-reactive ketones (excluding diaryl/α,β-unsaturated/α-hetero) is 1. The lowest BCUT2D eigenvalue weighted by atomic mass is 9.57. The molecule has 0 aliphatic carbocycles. The lowest BCUT2D eigenvalue weighted by Gasteiger charge is -2.51. The average molecular weight is 468 g/mol. The zero-order valence-corrected chi connectivity index (χ0v) is 19.7. The molecule has 0 saturated carbocycles. The van der Waals surface area contributed by atoms with Gasteiger partial charge in [0.15, 0.2) is 5.78 Å². The third-order valence-corrected chi connectivity index (χ3v) is 6.87. The smallest absolute Gasteiger partial charge is 0.162 e. The summed E-state index contributed by atoms with van der Waals surface area (Å²) in [4.78, 5) is 12.4. The lowest BCUT2D eigenvalue weighted by Crippen LogP contribution is -2.55. The first-order valence-corrected chi connectivity index (χ1v) is 11.4. The maximum Gasteiger partial charge on any atom is 0.162 e. The summed E-state index contributed by atoms with van der Waals surface area (Å²) >= 11 is 0. The quantitative estimate of drug-likeness (QED) is 0.330. The minimum absolute atomic E-state index is 0. The van der Waals surface area contributed by atoms with Gasteiger partial charge in [0.1, 0.15) is 5.60 Å². The molecule has 0 bridgehead atoms. The molecule has 1 aliphatic rings. The second kappa shape index (κ2) is 10.6. The number of benzene rings is 3. The maximum atomic E-state index is 14.2. The maximum absolute atomic E-state index is 14.2. The summed E-state index contributed by atoms with van der Waals surface area (Å²) in [6.45, 7) is 2.46. The molecule has 0 atom stereocenters. The molecule has 1 heterocycles. The van der Waals surface area contributed by atoms with Crippen molar-refractivity contribution in [1.82, 2.24) is 5.12 Å². The molecular weight excluding hydrogens is 437 g/mol. The molecule has 0 aromatic heterocycles. The van der Waals surface area contributed by atoms with Crippen molar-refractivity contribution < 1.29 is 14.4 Å². The van der Waals surface area contributed by atoms with Crippen LogP contribution in [0.3, 0.4) is 0 Å². The van der Waals surface area contributed by atoms with Crippen LogP contribution >= 0.6 is 12.4 Å². The topological polar surface area (TPSA) is 40.5 Å². The number of aliphatic hydroxyl groups is 1. The summed E-state index contributed by atoms with van der Waals surface area (Å²) in [5, 5.41) is 13.5. The van der Waals surface area contributed by atoms with Crippen molar-refractivity contribution in [2.75, 3.05) is 13.1 Å². The summed E-state index contributed by atoms with van der Waals surface area (Å²) in [6, 6.07) is 26.9. The second-order valence-electron chi connectivity index (χ2n) is 8.68. The molecule has 0 radical (unpaired) electrons. The summed E-state index contributed by atoms with van der Waals surface area (Å²) < 4.78 is 14.2. The van der Waals surface area contributed by atoms with Crippen LogP contribution in [0.4, 0.5) is 4.48 Å². The molecule has 1 saturated heterocycles. The van der Waals surface area contributed by atoms with Gasteiger partial charge < -0.3 is 5.11 Å². The number of halogens is 2. The molecule has 3 aromatic rings. The number of piperidine rings is 1. The van der Waals surface area contributed by atoms with E-state index in [4.69, 9.17) is 0 Å². The Kier molecular flexibility index (Phi) is 8.06. The van der Waals surface area contributed by atoms with Crippen LogP contribution in [-0.2, 0) is 11.0 Å². The normalized spacial score (nSPS) is 16.1. The highest BCUT2D eigenvalue weighted by Crippen LogP contribution is 2.53. The van der Waals surface area contributed by atoms with Gasteiger partial charge in [-0.15, -0.1) is 22.0 Å². The predicted molar refractivity (Wildman–Crippen MR) is 132 cm³/mol. The van der Waals surface area contributed by atoms with E-state index in [0.29, 0.717) is 24.8 Å². The van der Waals surface area contributed by atoms with E-state index in [2.05, 4.69) is 0 Å². The van der Waals surface area contributed by atoms with Gasteiger partial charge in [0.2, 0.25) is 0 Å². The van der Waals surface area contributed by atoms with E-state index in [1.165, 1.54) is 0 Å². The molecule has 33 heavy (non-hydrogen) atoms. The zero-order chi connectivity index (χ0) is 22.6. The van der Waals surface area contributed by atoms with E-state index in [1.807, 2.05) is 91.9 Å². The third-order valence-electron chi connectivity index (χ3n) is 6.87. The van der Waals surface area contributed by atoms with Crippen LogP contribution in [0.1, 0.15) is 59.7 Å². The molecule has 3 nitrogen and oxygen atoms in total. The molecule has 5 heteroatoms. The molecule has 3 aromatic carbocycles. The first-order valence-electron chi connectivity index (χ1n) is 11.4. The Labute approximate surface area is 201 Å². The van der Waals surface area contributed by atoms with E-state index in [0.717, 1.165) is 28.2 Å². The average Bonchev–Trinajstić information content (AvgIpc) is 2.85. The fraction of sp³-hybridized carbons (Fsp3) is 0.321. The van der Waals surface area contributed by atoms with Crippen molar-refractivity contribution in [1.29, 1.82) is 0 Å². The largest absolute Gasteiger partial charge is 0.379 e. The van der Waals surface area contributed by atoms with Gasteiger partial charge in [0.25, 0.3) is 0 Å². The van der Waals surface area contributed by atoms with Gasteiger partial charge in [0.05, 0.1) is 0 Å². The highest BCUT2D eigenvalue weighted by Gasteiger charge is 2.54. The van der Waals surface area contributed by atoms with Crippen molar-refractivity contribution in [3.63, 3.8) is 0 Å². The number of hydrogen-bond acceptors (Lipinski definition) is 3. The number of hydrogen-bond donors (Lipinski definition) is 1. The number of rotatable bonds is 7.